The SMILES string of the molecule is O=C(OC(Cc1c(Cl)c[n+]([O-])cc1Cl)c1ccc(OC(F)F)c(OCC2CC2)c1)c1ccc(C(=O)O)c(OCC2CC2)c1. The van der Waals surface area contributed by atoms with Gasteiger partial charge in [0.1, 0.15) is 27.5 Å². The lowest BCUT2D eigenvalue weighted by Gasteiger charge is -2.22. The number of carboxylic acid groups (broad SMARTS) is 1. The highest BCUT2D eigenvalue weighted by Gasteiger charge is 2.28. The minimum absolute atomic E-state index is 0.0197. The molecule has 0 saturated heterocycles. The van der Waals surface area contributed by atoms with E-state index < -0.39 is 24.7 Å². The van der Waals surface area contributed by atoms with Crippen LogP contribution in [0.1, 0.15) is 63.6 Å². The highest BCUT2D eigenvalue weighted by molar-refractivity contribution is 6.35. The predicted octanol–water partition coefficient (Wildman–Crippen LogP) is 6.64. The predicted molar refractivity (Wildman–Crippen MR) is 150 cm³/mol. The van der Waals surface area contributed by atoms with Crippen LogP contribution in [0.3, 0.4) is 0 Å². The maximum atomic E-state index is 13.4. The third kappa shape index (κ3) is 8.17. The summed E-state index contributed by atoms with van der Waals surface area (Å²) in [5.74, 6) is -1.51. The summed E-state index contributed by atoms with van der Waals surface area (Å²) < 4.78 is 48.7. The lowest BCUT2D eigenvalue weighted by molar-refractivity contribution is -0.605. The summed E-state index contributed by atoms with van der Waals surface area (Å²) in [6, 6.07) is 8.03. The van der Waals surface area contributed by atoms with Crippen molar-refractivity contribution < 1.29 is 47.2 Å². The van der Waals surface area contributed by atoms with Crippen molar-refractivity contribution in [1.29, 1.82) is 0 Å². The van der Waals surface area contributed by atoms with Crippen molar-refractivity contribution in [3.8, 4) is 17.2 Å². The number of aromatic carboxylic acids is 1. The van der Waals surface area contributed by atoms with Crippen molar-refractivity contribution in [2.75, 3.05) is 13.2 Å². The number of carbonyl (C=O) groups is 2. The summed E-state index contributed by atoms with van der Waals surface area (Å²) in [4.78, 5) is 25.2. The van der Waals surface area contributed by atoms with E-state index in [1.54, 1.807) is 0 Å². The molecule has 2 aromatic carbocycles. The quantitative estimate of drug-likeness (QED) is 0.119. The number of esters is 1. The van der Waals surface area contributed by atoms with E-state index in [0.29, 0.717) is 40.9 Å². The van der Waals surface area contributed by atoms with Gasteiger partial charge >= 0.3 is 18.6 Å². The molecule has 9 nitrogen and oxygen atoms in total. The monoisotopic (exact) mass is 637 g/mol. The first-order valence-electron chi connectivity index (χ1n) is 13.6. The molecule has 0 aliphatic heterocycles. The number of nitrogens with zero attached hydrogens (tertiary/aromatic N) is 1. The maximum absolute atomic E-state index is 13.4. The number of rotatable bonds is 14. The molecule has 3 aromatic rings. The number of aromatic nitrogens is 1. The Bertz CT molecular complexity index is 1490. The third-order valence-corrected chi connectivity index (χ3v) is 7.69. The van der Waals surface area contributed by atoms with Crippen molar-refractivity contribution in [1.82, 2.24) is 0 Å². The molecule has 5 rings (SSSR count). The number of alkyl halides is 2. The molecule has 2 aliphatic rings. The molecule has 1 aromatic heterocycles. The number of carbonyl (C=O) groups excluding carboxylic acids is 1. The number of pyridine rings is 1. The summed E-state index contributed by atoms with van der Waals surface area (Å²) in [7, 11) is 0. The molecular formula is C30H27Cl2F2NO8. The standard InChI is InChI=1S/C30H27Cl2F2NO8/c31-22-12-35(39)13-23(32)21(22)11-25(18-6-8-24(43-30(33)34)27(9-18)41-15-17-3-4-17)42-29(38)19-5-7-20(28(36)37)26(10-19)40-14-16-1-2-16/h5-10,12-13,16-17,25,30H,1-4,11,14-15H2,(H,36,37). The van der Waals surface area contributed by atoms with Gasteiger partial charge in [-0.1, -0.05) is 29.3 Å². The number of hydrogen-bond acceptors (Lipinski definition) is 7. The zero-order valence-corrected chi connectivity index (χ0v) is 24.2. The molecule has 1 atom stereocenters. The van der Waals surface area contributed by atoms with Crippen LogP contribution < -0.4 is 18.9 Å². The van der Waals surface area contributed by atoms with Crippen LogP contribution in [0, 0.1) is 17.0 Å². The van der Waals surface area contributed by atoms with Gasteiger partial charge in [-0.05, 0) is 73.4 Å². The Balaban J connectivity index is 1.47. The van der Waals surface area contributed by atoms with E-state index >= 15 is 0 Å². The van der Waals surface area contributed by atoms with Crippen LogP contribution in [0.5, 0.6) is 17.2 Å². The first kappa shape index (κ1) is 30.6. The Morgan fingerprint density at radius 1 is 0.930 bits per heavy atom. The van der Waals surface area contributed by atoms with E-state index in [2.05, 4.69) is 4.74 Å². The second-order valence-electron chi connectivity index (χ2n) is 10.5. The van der Waals surface area contributed by atoms with Crippen LogP contribution in [0.4, 0.5) is 8.78 Å². The normalized spacial score (nSPS) is 15.2. The molecule has 0 amide bonds. The van der Waals surface area contributed by atoms with Gasteiger partial charge < -0.3 is 29.3 Å². The molecule has 2 aliphatic carbocycles. The fourth-order valence-corrected chi connectivity index (χ4v) is 4.90. The topological polar surface area (TPSA) is 118 Å². The number of benzene rings is 2. The summed E-state index contributed by atoms with van der Waals surface area (Å²) in [6.07, 6.45) is 4.89. The lowest BCUT2D eigenvalue weighted by atomic mass is 10.0. The molecule has 0 bridgehead atoms. The maximum Gasteiger partial charge on any atom is 0.387 e. The van der Waals surface area contributed by atoms with Gasteiger partial charge in [0.2, 0.25) is 0 Å². The number of halogens is 4. The summed E-state index contributed by atoms with van der Waals surface area (Å²) in [6.45, 7) is -2.47. The highest BCUT2D eigenvalue weighted by Crippen LogP contribution is 2.38. The molecule has 1 heterocycles. The van der Waals surface area contributed by atoms with Crippen molar-refractivity contribution in [2.45, 2.75) is 44.8 Å². The van der Waals surface area contributed by atoms with Gasteiger partial charge in [-0.3, -0.25) is 0 Å². The number of ether oxygens (including phenoxy) is 4. The average Bonchev–Trinajstić information content (AvgIpc) is 3.88. The van der Waals surface area contributed by atoms with Gasteiger partial charge in [0.05, 0.1) is 18.8 Å². The Morgan fingerprint density at radius 2 is 1.56 bits per heavy atom. The first-order valence-corrected chi connectivity index (χ1v) is 14.3. The third-order valence-electron chi connectivity index (χ3n) is 7.04. The van der Waals surface area contributed by atoms with Crippen LogP contribution in [0.15, 0.2) is 48.8 Å². The van der Waals surface area contributed by atoms with E-state index in [1.807, 2.05) is 0 Å². The summed E-state index contributed by atoms with van der Waals surface area (Å²) >= 11 is 12.6. The summed E-state index contributed by atoms with van der Waals surface area (Å²) in [5.41, 5.74) is 0.566. The van der Waals surface area contributed by atoms with E-state index in [9.17, 15) is 28.7 Å². The number of hydrogen-bond donors (Lipinski definition) is 1. The van der Waals surface area contributed by atoms with Gasteiger partial charge in [0.25, 0.3) is 0 Å². The largest absolute Gasteiger partial charge is 0.619 e. The molecular weight excluding hydrogens is 611 g/mol. The van der Waals surface area contributed by atoms with E-state index in [1.165, 1.54) is 36.4 Å². The van der Waals surface area contributed by atoms with Crippen molar-refractivity contribution in [3.05, 3.63) is 86.3 Å². The zero-order chi connectivity index (χ0) is 30.7. The molecule has 0 spiro atoms. The second kappa shape index (κ2) is 13.2. The Hall–Kier alpha value is -3.83. The lowest BCUT2D eigenvalue weighted by Crippen LogP contribution is -2.25. The van der Waals surface area contributed by atoms with E-state index in [0.717, 1.165) is 38.1 Å². The Morgan fingerprint density at radius 3 is 2.14 bits per heavy atom. The average molecular weight is 638 g/mol. The van der Waals surface area contributed by atoms with Gasteiger partial charge in [-0.2, -0.15) is 13.5 Å². The zero-order valence-electron chi connectivity index (χ0n) is 22.6. The smallest absolute Gasteiger partial charge is 0.387 e. The molecule has 2 saturated carbocycles. The van der Waals surface area contributed by atoms with E-state index in [-0.39, 0.29) is 44.8 Å². The molecule has 228 valence electrons. The Kier molecular flexibility index (Phi) is 9.41. The first-order chi connectivity index (χ1) is 20.6. The summed E-state index contributed by atoms with van der Waals surface area (Å²) in [5, 5.41) is 21.4. The van der Waals surface area contributed by atoms with E-state index in [4.69, 9.17) is 37.4 Å². The fourth-order valence-electron chi connectivity index (χ4n) is 4.30. The molecule has 2 fully saturated rings. The fraction of sp³-hybridized carbons (Fsp3) is 0.367. The molecule has 43 heavy (non-hydrogen) atoms. The van der Waals surface area contributed by atoms with Crippen molar-refractivity contribution in [2.24, 2.45) is 11.8 Å². The van der Waals surface area contributed by atoms with Crippen LogP contribution in [0.2, 0.25) is 10.0 Å². The molecule has 1 N–H and O–H groups in total. The van der Waals surface area contributed by atoms with Crippen LogP contribution >= 0.6 is 23.2 Å². The number of carboxylic acids is 1. The van der Waals surface area contributed by atoms with Gasteiger partial charge in [-0.15, -0.1) is 0 Å². The minimum atomic E-state index is -3.09. The van der Waals surface area contributed by atoms with Crippen LogP contribution in [0.25, 0.3) is 0 Å². The van der Waals surface area contributed by atoms with Gasteiger partial charge in [0, 0.05) is 12.0 Å². The second-order valence-corrected chi connectivity index (χ2v) is 11.3. The van der Waals surface area contributed by atoms with Crippen molar-refractivity contribution in [3.63, 3.8) is 0 Å². The molecule has 0 radical (unpaired) electrons. The van der Waals surface area contributed by atoms with Crippen LogP contribution in [-0.4, -0.2) is 36.9 Å². The molecule has 13 heteroatoms. The Labute approximate surface area is 255 Å². The van der Waals surface area contributed by atoms with Crippen molar-refractivity contribution >= 4 is 35.1 Å². The van der Waals surface area contributed by atoms with Gasteiger partial charge in [-0.25, -0.2) is 9.59 Å². The highest BCUT2D eigenvalue weighted by atomic mass is 35.5. The molecule has 1 unspecified atom stereocenters. The van der Waals surface area contributed by atoms with Gasteiger partial charge in [0.15, 0.2) is 23.9 Å². The van der Waals surface area contributed by atoms with Crippen LogP contribution in [-0.2, 0) is 11.2 Å². The minimum Gasteiger partial charge on any atom is -0.619 e.